The molecule has 1 aromatic heterocycles. The third-order valence-corrected chi connectivity index (χ3v) is 3.35. The molecule has 0 aliphatic rings. The van der Waals surface area contributed by atoms with Crippen LogP contribution in [0.2, 0.25) is 0 Å². The standard InChI is InChI=1S/C11H23N7S/c1-5-18(6-2)11-14-9(16-12)13-10(15-11)17(3)7-8-19-4/h5-8,12H2,1-4H3,(H,13,14,15,16). The summed E-state index contributed by atoms with van der Waals surface area (Å²) < 4.78 is 0. The summed E-state index contributed by atoms with van der Waals surface area (Å²) in [5.41, 5.74) is 2.50. The molecule has 1 rings (SSSR count). The smallest absolute Gasteiger partial charge is 0.243 e. The Morgan fingerprint density at radius 2 is 1.79 bits per heavy atom. The molecule has 0 saturated heterocycles. The minimum absolute atomic E-state index is 0.392. The van der Waals surface area contributed by atoms with Gasteiger partial charge in [-0.05, 0) is 20.1 Å². The van der Waals surface area contributed by atoms with Gasteiger partial charge in [0.1, 0.15) is 0 Å². The number of thioether (sulfide) groups is 1. The summed E-state index contributed by atoms with van der Waals surface area (Å²) in [6.45, 7) is 6.71. The summed E-state index contributed by atoms with van der Waals surface area (Å²) in [5.74, 6) is 8.13. The molecule has 0 aromatic carbocycles. The molecule has 19 heavy (non-hydrogen) atoms. The summed E-state index contributed by atoms with van der Waals surface area (Å²) in [6, 6.07) is 0. The van der Waals surface area contributed by atoms with Crippen LogP contribution in [-0.4, -0.2) is 53.6 Å². The van der Waals surface area contributed by atoms with Crippen molar-refractivity contribution in [2.75, 3.05) is 53.9 Å². The molecule has 0 radical (unpaired) electrons. The van der Waals surface area contributed by atoms with Gasteiger partial charge < -0.3 is 9.80 Å². The Morgan fingerprint density at radius 3 is 2.32 bits per heavy atom. The number of aromatic nitrogens is 3. The number of nitrogen functional groups attached to an aromatic ring is 1. The van der Waals surface area contributed by atoms with Crippen LogP contribution >= 0.6 is 11.8 Å². The molecule has 0 bridgehead atoms. The van der Waals surface area contributed by atoms with Crippen molar-refractivity contribution < 1.29 is 0 Å². The maximum atomic E-state index is 5.43. The van der Waals surface area contributed by atoms with Gasteiger partial charge in [-0.2, -0.15) is 26.7 Å². The molecule has 0 atom stereocenters. The molecule has 3 N–H and O–H groups in total. The Balaban J connectivity index is 3.00. The topological polar surface area (TPSA) is 83.2 Å². The Morgan fingerprint density at radius 1 is 1.16 bits per heavy atom. The van der Waals surface area contributed by atoms with E-state index in [4.69, 9.17) is 5.84 Å². The molecule has 0 aliphatic carbocycles. The van der Waals surface area contributed by atoms with E-state index in [1.54, 1.807) is 11.8 Å². The second kappa shape index (κ2) is 8.00. The highest BCUT2D eigenvalue weighted by molar-refractivity contribution is 7.98. The van der Waals surface area contributed by atoms with Crippen molar-refractivity contribution in [2.45, 2.75) is 13.8 Å². The van der Waals surface area contributed by atoms with E-state index in [0.29, 0.717) is 17.8 Å². The molecule has 0 unspecified atom stereocenters. The number of nitrogens with one attached hydrogen (secondary N) is 1. The Bertz CT molecular complexity index is 383. The lowest BCUT2D eigenvalue weighted by molar-refractivity contribution is 0.799. The van der Waals surface area contributed by atoms with Gasteiger partial charge in [0.05, 0.1) is 0 Å². The average molecular weight is 285 g/mol. The van der Waals surface area contributed by atoms with E-state index in [1.165, 1.54) is 0 Å². The van der Waals surface area contributed by atoms with Crippen LogP contribution in [0.3, 0.4) is 0 Å². The summed E-state index contributed by atoms with van der Waals surface area (Å²) in [5, 5.41) is 0. The average Bonchev–Trinajstić information content (AvgIpc) is 2.45. The predicted molar refractivity (Wildman–Crippen MR) is 82.9 cm³/mol. The minimum Gasteiger partial charge on any atom is -0.343 e. The first-order valence-electron chi connectivity index (χ1n) is 6.33. The molecule has 0 spiro atoms. The molecular weight excluding hydrogens is 262 g/mol. The zero-order valence-electron chi connectivity index (χ0n) is 12.1. The third kappa shape index (κ3) is 4.39. The van der Waals surface area contributed by atoms with Gasteiger partial charge in [-0.15, -0.1) is 0 Å². The van der Waals surface area contributed by atoms with Gasteiger partial charge in [0.15, 0.2) is 0 Å². The normalized spacial score (nSPS) is 10.4. The zero-order chi connectivity index (χ0) is 14.3. The molecular formula is C11H23N7S. The fourth-order valence-corrected chi connectivity index (χ4v) is 2.02. The lowest BCUT2D eigenvalue weighted by Gasteiger charge is -2.22. The summed E-state index contributed by atoms with van der Waals surface area (Å²) in [7, 11) is 1.97. The number of rotatable bonds is 8. The molecule has 1 heterocycles. The van der Waals surface area contributed by atoms with Gasteiger partial charge in [0.2, 0.25) is 17.8 Å². The highest BCUT2D eigenvalue weighted by Gasteiger charge is 2.13. The third-order valence-electron chi connectivity index (χ3n) is 2.76. The second-order valence-electron chi connectivity index (χ2n) is 3.99. The van der Waals surface area contributed by atoms with Crippen molar-refractivity contribution in [1.29, 1.82) is 0 Å². The van der Waals surface area contributed by atoms with Crippen LogP contribution in [0.1, 0.15) is 13.8 Å². The van der Waals surface area contributed by atoms with E-state index >= 15 is 0 Å². The number of hydrogen-bond acceptors (Lipinski definition) is 8. The molecule has 108 valence electrons. The van der Waals surface area contributed by atoms with Crippen LogP contribution < -0.4 is 21.1 Å². The Labute approximate surface area is 119 Å². The van der Waals surface area contributed by atoms with Crippen molar-refractivity contribution in [3.8, 4) is 0 Å². The first-order valence-corrected chi connectivity index (χ1v) is 7.73. The first kappa shape index (κ1) is 15.8. The van der Waals surface area contributed by atoms with Gasteiger partial charge in [0, 0.05) is 32.4 Å². The van der Waals surface area contributed by atoms with Crippen molar-refractivity contribution in [2.24, 2.45) is 5.84 Å². The SMILES string of the molecule is CCN(CC)c1nc(NN)nc(N(C)CCSC)n1. The molecule has 7 nitrogen and oxygen atoms in total. The molecule has 0 amide bonds. The van der Waals surface area contributed by atoms with Crippen LogP contribution in [0.4, 0.5) is 17.8 Å². The summed E-state index contributed by atoms with van der Waals surface area (Å²) in [4.78, 5) is 17.2. The second-order valence-corrected chi connectivity index (χ2v) is 4.98. The van der Waals surface area contributed by atoms with E-state index in [9.17, 15) is 0 Å². The highest BCUT2D eigenvalue weighted by Crippen LogP contribution is 2.15. The molecule has 8 heteroatoms. The number of nitrogens with two attached hydrogens (primary N) is 1. The van der Waals surface area contributed by atoms with Crippen molar-refractivity contribution in [3.05, 3.63) is 0 Å². The molecule has 1 aromatic rings. The van der Waals surface area contributed by atoms with Crippen molar-refractivity contribution in [3.63, 3.8) is 0 Å². The maximum absolute atomic E-state index is 5.43. The molecule has 0 fully saturated rings. The van der Waals surface area contributed by atoms with E-state index in [0.717, 1.165) is 25.4 Å². The summed E-state index contributed by atoms with van der Waals surface area (Å²) >= 11 is 1.79. The number of nitrogens with zero attached hydrogens (tertiary/aromatic N) is 5. The largest absolute Gasteiger partial charge is 0.343 e. The lowest BCUT2D eigenvalue weighted by Crippen LogP contribution is -2.28. The number of hydrazine groups is 1. The summed E-state index contributed by atoms with van der Waals surface area (Å²) in [6.07, 6.45) is 2.08. The highest BCUT2D eigenvalue weighted by atomic mass is 32.2. The molecule has 0 saturated carbocycles. The minimum atomic E-state index is 0.392. The lowest BCUT2D eigenvalue weighted by atomic mass is 10.5. The van der Waals surface area contributed by atoms with Crippen molar-refractivity contribution >= 4 is 29.6 Å². The van der Waals surface area contributed by atoms with Gasteiger partial charge in [-0.3, -0.25) is 5.43 Å². The van der Waals surface area contributed by atoms with Crippen LogP contribution in [0, 0.1) is 0 Å². The van der Waals surface area contributed by atoms with Crippen LogP contribution in [0.25, 0.3) is 0 Å². The van der Waals surface area contributed by atoms with Crippen LogP contribution in [0.5, 0.6) is 0 Å². The van der Waals surface area contributed by atoms with E-state index in [1.807, 2.05) is 11.9 Å². The van der Waals surface area contributed by atoms with E-state index < -0.39 is 0 Å². The quantitative estimate of drug-likeness (QED) is 0.536. The van der Waals surface area contributed by atoms with Gasteiger partial charge in [-0.1, -0.05) is 0 Å². The fraction of sp³-hybridized carbons (Fsp3) is 0.727. The van der Waals surface area contributed by atoms with Crippen molar-refractivity contribution in [1.82, 2.24) is 15.0 Å². The van der Waals surface area contributed by atoms with E-state index in [2.05, 4.69) is 45.4 Å². The van der Waals surface area contributed by atoms with Crippen LogP contribution in [-0.2, 0) is 0 Å². The Hall–Kier alpha value is -1.28. The number of anilines is 3. The fourth-order valence-electron chi connectivity index (χ4n) is 1.57. The van der Waals surface area contributed by atoms with Gasteiger partial charge in [-0.25, -0.2) is 5.84 Å². The van der Waals surface area contributed by atoms with Gasteiger partial charge >= 0.3 is 0 Å². The van der Waals surface area contributed by atoms with Gasteiger partial charge in [0.25, 0.3) is 0 Å². The number of hydrogen-bond donors (Lipinski definition) is 2. The molecule has 0 aliphatic heterocycles. The Kier molecular flexibility index (Phi) is 6.65. The monoisotopic (exact) mass is 285 g/mol. The van der Waals surface area contributed by atoms with Crippen LogP contribution in [0.15, 0.2) is 0 Å². The first-order chi connectivity index (χ1) is 9.15. The van der Waals surface area contributed by atoms with E-state index in [-0.39, 0.29) is 0 Å². The maximum Gasteiger partial charge on any atom is 0.243 e. The zero-order valence-corrected chi connectivity index (χ0v) is 12.9. The predicted octanol–water partition coefficient (Wildman–Crippen LogP) is 0.803.